The summed E-state index contributed by atoms with van der Waals surface area (Å²) >= 11 is 0. The van der Waals surface area contributed by atoms with E-state index in [1.165, 1.54) is 186 Å². The number of rotatable bonds is 50. The highest BCUT2D eigenvalue weighted by Crippen LogP contribution is 2.42. The van der Waals surface area contributed by atoms with Crippen LogP contribution in [0.2, 0.25) is 0 Å². The van der Waals surface area contributed by atoms with E-state index in [2.05, 4.69) is 55.6 Å². The summed E-state index contributed by atoms with van der Waals surface area (Å²) in [4.78, 5) is 34.1. The van der Waals surface area contributed by atoms with Crippen LogP contribution in [0.4, 0.5) is 0 Å². The molecule has 2 atom stereocenters. The highest BCUT2D eigenvalue weighted by atomic mass is 31.2. The molecule has 1 amide bonds. The van der Waals surface area contributed by atoms with Crippen LogP contribution in [0.3, 0.4) is 0 Å². The van der Waals surface area contributed by atoms with Crippen LogP contribution < -0.4 is 5.32 Å². The second-order valence-electron chi connectivity index (χ2n) is 17.8. The lowest BCUT2D eigenvalue weighted by molar-refractivity contribution is -0.147. The molecule has 0 spiro atoms. The fourth-order valence-corrected chi connectivity index (χ4v) is 8.28. The molecule has 3 N–H and O–H groups in total. The smallest absolute Gasteiger partial charge is 0.463 e. The van der Waals surface area contributed by atoms with Crippen LogP contribution in [0.25, 0.3) is 0 Å². The minimum absolute atomic E-state index is 0.0827. The maximum Gasteiger partial charge on any atom is 0.472 e. The Morgan fingerprint density at radius 1 is 0.492 bits per heavy atom. The van der Waals surface area contributed by atoms with Gasteiger partial charge in [0.15, 0.2) is 0 Å². The number of phosphoric acid groups is 1. The molecule has 0 aromatic rings. The summed E-state index contributed by atoms with van der Waals surface area (Å²) in [6, 6.07) is 0. The molecule has 2 unspecified atom stereocenters. The third-order valence-electron chi connectivity index (χ3n) is 11.5. The van der Waals surface area contributed by atoms with Gasteiger partial charge in [0.2, 0.25) is 5.91 Å². The maximum atomic E-state index is 12.2. The molecule has 0 bridgehead atoms. The first-order chi connectivity index (χ1) is 30.8. The predicted molar refractivity (Wildman–Crippen MR) is 266 cm³/mol. The number of allylic oxidation sites excluding steroid dienone is 6. The third kappa shape index (κ3) is 51.1. The van der Waals surface area contributed by atoms with Gasteiger partial charge in [0, 0.05) is 19.4 Å². The van der Waals surface area contributed by atoms with Crippen LogP contribution in [-0.4, -0.2) is 54.3 Å². The Bertz CT molecular complexity index is 1130. The van der Waals surface area contributed by atoms with E-state index in [-0.39, 0.29) is 32.1 Å². The van der Waals surface area contributed by atoms with Gasteiger partial charge in [0.1, 0.15) is 12.7 Å². The fraction of sp³-hybridized carbons (Fsp3) is 0.849. The minimum Gasteiger partial charge on any atom is -0.463 e. The summed E-state index contributed by atoms with van der Waals surface area (Å²) in [5, 5.41) is 12.8. The number of amides is 1. The van der Waals surface area contributed by atoms with Crippen molar-refractivity contribution in [3.05, 3.63) is 36.5 Å². The zero-order chi connectivity index (χ0) is 46.0. The summed E-state index contributed by atoms with van der Waals surface area (Å²) in [6.07, 6.45) is 58.0. The van der Waals surface area contributed by atoms with Crippen molar-refractivity contribution in [2.45, 2.75) is 264 Å². The Kier molecular flexibility index (Phi) is 48.3. The SMILES string of the molecule is CCCCC/C=C\C/C=C\CCCCCCCCCCCCCC(=O)OCC(O)COP(=O)(O)OCCNC(=O)CCCCCCCCCCCCC/C=C/CCCCCCCC. The zero-order valence-corrected chi connectivity index (χ0v) is 41.9. The third-order valence-corrected chi connectivity index (χ3v) is 12.5. The molecular formula is C53H100NO8P. The van der Waals surface area contributed by atoms with Crippen LogP contribution >= 0.6 is 7.82 Å². The molecule has 0 aliphatic carbocycles. The first kappa shape index (κ1) is 61.2. The number of hydrogen-bond donors (Lipinski definition) is 3. The van der Waals surface area contributed by atoms with E-state index in [1.807, 2.05) is 0 Å². The van der Waals surface area contributed by atoms with Crippen molar-refractivity contribution < 1.29 is 37.9 Å². The number of ether oxygens (including phenoxy) is 1. The second kappa shape index (κ2) is 49.7. The van der Waals surface area contributed by atoms with Crippen LogP contribution in [0.15, 0.2) is 36.5 Å². The standard InChI is InChI=1S/C53H100NO8P/c1-3-5-7-9-11-13-15-17-19-21-23-25-27-29-31-33-35-37-39-41-43-45-52(56)54-47-48-61-63(58,59)62-50-51(55)49-60-53(57)46-44-42-40-38-36-34-32-30-28-26-24-22-20-18-16-14-12-10-8-6-4-2/h12,14,17-20,51,55H,3-11,13,15-16,21-50H2,1-2H3,(H,54,56)(H,58,59)/b14-12-,19-17+,20-18-. The summed E-state index contributed by atoms with van der Waals surface area (Å²) in [7, 11) is -4.42. The number of aliphatic hydroxyl groups excluding tert-OH is 1. The monoisotopic (exact) mass is 910 g/mol. The molecule has 10 heteroatoms. The maximum absolute atomic E-state index is 12.2. The number of hydrogen-bond acceptors (Lipinski definition) is 7. The zero-order valence-electron chi connectivity index (χ0n) is 41.0. The average Bonchev–Trinajstić information content (AvgIpc) is 3.27. The van der Waals surface area contributed by atoms with E-state index in [0.717, 1.165) is 44.9 Å². The predicted octanol–water partition coefficient (Wildman–Crippen LogP) is 15.7. The van der Waals surface area contributed by atoms with Gasteiger partial charge < -0.3 is 20.1 Å². The minimum atomic E-state index is -4.42. The molecule has 0 fully saturated rings. The van der Waals surface area contributed by atoms with E-state index in [9.17, 15) is 24.2 Å². The molecule has 0 aliphatic heterocycles. The summed E-state index contributed by atoms with van der Waals surface area (Å²) in [5.41, 5.74) is 0. The summed E-state index contributed by atoms with van der Waals surface area (Å²) in [5.74, 6) is -0.511. The topological polar surface area (TPSA) is 131 Å². The van der Waals surface area contributed by atoms with Crippen molar-refractivity contribution in [1.29, 1.82) is 0 Å². The molecule has 0 heterocycles. The Hall–Kier alpha value is -1.77. The van der Waals surface area contributed by atoms with Gasteiger partial charge in [-0.05, 0) is 70.6 Å². The van der Waals surface area contributed by atoms with Crippen LogP contribution in [0, 0.1) is 0 Å². The van der Waals surface area contributed by atoms with Crippen molar-refractivity contribution in [3.63, 3.8) is 0 Å². The Morgan fingerprint density at radius 3 is 1.32 bits per heavy atom. The van der Waals surface area contributed by atoms with Gasteiger partial charge >= 0.3 is 13.8 Å². The van der Waals surface area contributed by atoms with Crippen LogP contribution in [0.1, 0.15) is 258 Å². The van der Waals surface area contributed by atoms with Gasteiger partial charge in [-0.15, -0.1) is 0 Å². The van der Waals surface area contributed by atoms with E-state index >= 15 is 0 Å². The van der Waals surface area contributed by atoms with Gasteiger partial charge in [-0.1, -0.05) is 211 Å². The molecule has 0 aliphatic rings. The van der Waals surface area contributed by atoms with Crippen molar-refractivity contribution in [2.24, 2.45) is 0 Å². The normalized spacial score (nSPS) is 13.4. The molecule has 63 heavy (non-hydrogen) atoms. The highest BCUT2D eigenvalue weighted by molar-refractivity contribution is 7.47. The molecule has 0 saturated heterocycles. The number of phosphoric ester groups is 1. The lowest BCUT2D eigenvalue weighted by Gasteiger charge is -2.15. The van der Waals surface area contributed by atoms with E-state index in [1.54, 1.807) is 0 Å². The number of esters is 1. The van der Waals surface area contributed by atoms with Crippen molar-refractivity contribution in [2.75, 3.05) is 26.4 Å². The molecule has 0 aromatic carbocycles. The van der Waals surface area contributed by atoms with Gasteiger partial charge in [0.05, 0.1) is 13.2 Å². The van der Waals surface area contributed by atoms with Gasteiger partial charge in [-0.3, -0.25) is 18.6 Å². The van der Waals surface area contributed by atoms with Crippen molar-refractivity contribution in [1.82, 2.24) is 5.32 Å². The molecule has 0 aromatic heterocycles. The molecule has 0 rings (SSSR count). The molecule has 0 saturated carbocycles. The molecule has 370 valence electrons. The fourth-order valence-electron chi connectivity index (χ4n) is 7.53. The highest BCUT2D eigenvalue weighted by Gasteiger charge is 2.23. The van der Waals surface area contributed by atoms with Gasteiger partial charge in [-0.25, -0.2) is 4.57 Å². The van der Waals surface area contributed by atoms with Crippen molar-refractivity contribution >= 4 is 19.7 Å². The Morgan fingerprint density at radius 2 is 0.857 bits per heavy atom. The van der Waals surface area contributed by atoms with Crippen LogP contribution in [-0.2, 0) is 27.9 Å². The quantitative estimate of drug-likeness (QED) is 0.0238. The number of carbonyl (C=O) groups is 2. The summed E-state index contributed by atoms with van der Waals surface area (Å²) < 4.78 is 27.0. The first-order valence-corrected chi connectivity index (χ1v) is 28.0. The molecule has 0 radical (unpaired) electrons. The number of carbonyl (C=O) groups excluding carboxylic acids is 2. The van der Waals surface area contributed by atoms with E-state index in [4.69, 9.17) is 13.8 Å². The number of aliphatic hydroxyl groups is 1. The Balaban J connectivity index is 3.53. The first-order valence-electron chi connectivity index (χ1n) is 26.5. The van der Waals surface area contributed by atoms with Crippen LogP contribution in [0.5, 0.6) is 0 Å². The number of unbranched alkanes of at least 4 members (excludes halogenated alkanes) is 31. The van der Waals surface area contributed by atoms with Gasteiger partial charge in [-0.2, -0.15) is 0 Å². The van der Waals surface area contributed by atoms with Gasteiger partial charge in [0.25, 0.3) is 0 Å². The Labute approximate surface area is 388 Å². The lowest BCUT2D eigenvalue weighted by atomic mass is 10.0. The second-order valence-corrected chi connectivity index (χ2v) is 19.3. The summed E-state index contributed by atoms with van der Waals surface area (Å²) in [6.45, 7) is 3.56. The number of nitrogens with one attached hydrogen (secondary N) is 1. The van der Waals surface area contributed by atoms with E-state index in [0.29, 0.717) is 6.42 Å². The molecular weight excluding hydrogens is 810 g/mol. The molecule has 9 nitrogen and oxygen atoms in total. The average molecular weight is 910 g/mol. The van der Waals surface area contributed by atoms with E-state index < -0.39 is 26.5 Å². The lowest BCUT2D eigenvalue weighted by Crippen LogP contribution is -2.27. The largest absolute Gasteiger partial charge is 0.472 e. The van der Waals surface area contributed by atoms with Crippen molar-refractivity contribution in [3.8, 4) is 0 Å².